The average Bonchev–Trinajstić information content (AvgIpc) is 3.70. The summed E-state index contributed by atoms with van der Waals surface area (Å²) in [5.74, 6) is -0.935. The van der Waals surface area contributed by atoms with E-state index >= 15 is 0 Å². The van der Waals surface area contributed by atoms with Crippen LogP contribution in [0.2, 0.25) is 0 Å². The van der Waals surface area contributed by atoms with Gasteiger partial charge in [0.2, 0.25) is 5.91 Å². The van der Waals surface area contributed by atoms with Gasteiger partial charge in [0.05, 0.1) is 34.5 Å². The molecule has 1 amide bonds. The van der Waals surface area contributed by atoms with E-state index < -0.39 is 77.1 Å². The van der Waals surface area contributed by atoms with Crippen molar-refractivity contribution in [1.82, 2.24) is 4.90 Å². The number of rotatable bonds is 5. The van der Waals surface area contributed by atoms with Crippen LogP contribution in [0.25, 0.3) is 0 Å². The quantitative estimate of drug-likeness (QED) is 0.242. The molecule has 6 nitrogen and oxygen atoms in total. The first-order chi connectivity index (χ1) is 20.0. The van der Waals surface area contributed by atoms with Crippen molar-refractivity contribution in [2.75, 3.05) is 5.06 Å². The molecule has 242 valence electrons. The van der Waals surface area contributed by atoms with E-state index in [4.69, 9.17) is 9.57 Å². The van der Waals surface area contributed by atoms with Gasteiger partial charge < -0.3 is 14.5 Å². The molecule has 1 heterocycles. The number of carbonyl (C=O) groups excluding carboxylic acids is 2. The molecule has 1 aliphatic heterocycles. The molecule has 0 spiro atoms. The molecule has 1 saturated carbocycles. The molecule has 2 atom stereocenters. The second kappa shape index (κ2) is 11.4. The number of amides is 1. The molecule has 0 N–H and O–H groups in total. The monoisotopic (exact) mass is 640 g/mol. The Morgan fingerprint density at radius 3 is 1.84 bits per heavy atom. The van der Waals surface area contributed by atoms with E-state index in [2.05, 4.69) is 0 Å². The van der Waals surface area contributed by atoms with Crippen molar-refractivity contribution in [3.05, 3.63) is 64.2 Å². The van der Waals surface area contributed by atoms with Gasteiger partial charge in [-0.2, -0.15) is 44.6 Å². The Bertz CT molecular complexity index is 1380. The van der Waals surface area contributed by atoms with Gasteiger partial charge in [0, 0.05) is 19.0 Å². The first-order valence-electron chi connectivity index (χ1n) is 13.5. The van der Waals surface area contributed by atoms with Crippen LogP contribution in [-0.4, -0.2) is 28.6 Å². The summed E-state index contributed by atoms with van der Waals surface area (Å²) >= 11 is 0. The maximum Gasteiger partial charge on any atom is 0.533 e. The highest BCUT2D eigenvalue weighted by molar-refractivity contribution is 5.75. The van der Waals surface area contributed by atoms with Crippen LogP contribution >= 0.6 is 0 Å². The molecular weight excluding hydrogens is 611 g/mol. The van der Waals surface area contributed by atoms with Gasteiger partial charge in [0.15, 0.2) is 0 Å². The zero-order chi connectivity index (χ0) is 33.0. The Morgan fingerprint density at radius 2 is 1.39 bits per heavy atom. The standard InChI is InChI=1S/C29H29F9N2O4/c1-15(41)39(14-16-9-19(28(33,34)35)11-20(10-16)29(36,37)38)24-13-23(17-5-6-17)40(44-25(42)43-26(2,3)4)22-8-7-18(12-21(22)24)27(30,31)32/h7-12,17,23-24H,5-6,13-14H2,1-4H3/t23-,24-/m0/s1. The molecular formula is C29H29F9N2O4. The van der Waals surface area contributed by atoms with Crippen LogP contribution in [0.5, 0.6) is 0 Å². The number of hydrogen-bond acceptors (Lipinski definition) is 5. The number of fused-ring (bicyclic) bond motifs is 1. The fourth-order valence-electron chi connectivity index (χ4n) is 5.20. The molecule has 2 aromatic carbocycles. The van der Waals surface area contributed by atoms with E-state index in [1.807, 2.05) is 0 Å². The molecule has 1 fully saturated rings. The first-order valence-corrected chi connectivity index (χ1v) is 13.5. The van der Waals surface area contributed by atoms with Crippen molar-refractivity contribution in [2.45, 2.75) is 89.7 Å². The average molecular weight is 641 g/mol. The molecule has 0 unspecified atom stereocenters. The van der Waals surface area contributed by atoms with Crippen molar-refractivity contribution < 1.29 is 58.7 Å². The second-order valence-electron chi connectivity index (χ2n) is 11.9. The highest BCUT2D eigenvalue weighted by atomic mass is 19.4. The third-order valence-electron chi connectivity index (χ3n) is 7.23. The molecule has 0 aromatic heterocycles. The van der Waals surface area contributed by atoms with Crippen molar-refractivity contribution in [3.63, 3.8) is 0 Å². The summed E-state index contributed by atoms with van der Waals surface area (Å²) in [5.41, 5.74) is -5.98. The maximum absolute atomic E-state index is 13.8. The van der Waals surface area contributed by atoms with E-state index in [0.717, 1.165) is 35.1 Å². The van der Waals surface area contributed by atoms with Gasteiger partial charge in [0.25, 0.3) is 0 Å². The fourth-order valence-corrected chi connectivity index (χ4v) is 5.20. The minimum atomic E-state index is -5.15. The SMILES string of the molecule is CC(=O)N(Cc1cc(C(F)(F)F)cc(C(F)(F)F)c1)[C@H]1C[C@@H](C2CC2)N(OC(=O)OC(C)(C)C)c2ccc(C(F)(F)F)cc21. The van der Waals surface area contributed by atoms with Crippen LogP contribution in [0.1, 0.15) is 80.8 Å². The van der Waals surface area contributed by atoms with Crippen molar-refractivity contribution in [3.8, 4) is 0 Å². The zero-order valence-corrected chi connectivity index (χ0v) is 24.0. The van der Waals surface area contributed by atoms with Crippen molar-refractivity contribution in [1.29, 1.82) is 0 Å². The number of benzene rings is 2. The predicted molar refractivity (Wildman–Crippen MR) is 138 cm³/mol. The van der Waals surface area contributed by atoms with Crippen molar-refractivity contribution in [2.24, 2.45) is 5.92 Å². The van der Waals surface area contributed by atoms with E-state index in [0.29, 0.717) is 25.0 Å². The smallest absolute Gasteiger partial charge is 0.427 e. The molecule has 0 saturated heterocycles. The number of hydrogen-bond donors (Lipinski definition) is 0. The highest BCUT2D eigenvalue weighted by Crippen LogP contribution is 2.50. The summed E-state index contributed by atoms with van der Waals surface area (Å²) in [6.07, 6.45) is -15.1. The number of ether oxygens (including phenoxy) is 1. The normalized spacial score (nSPS) is 19.3. The first kappa shape index (κ1) is 33.2. The molecule has 4 rings (SSSR count). The van der Waals surface area contributed by atoms with Crippen LogP contribution in [0.4, 0.5) is 50.0 Å². The molecule has 0 radical (unpaired) electrons. The number of anilines is 1. The number of hydroxylamine groups is 1. The Kier molecular flexibility index (Phi) is 8.59. The fraction of sp³-hybridized carbons (Fsp3) is 0.517. The molecule has 44 heavy (non-hydrogen) atoms. The lowest BCUT2D eigenvalue weighted by molar-refractivity contribution is -0.143. The summed E-state index contributed by atoms with van der Waals surface area (Å²) in [4.78, 5) is 32.0. The van der Waals surface area contributed by atoms with E-state index in [9.17, 15) is 49.1 Å². The Morgan fingerprint density at radius 1 is 0.841 bits per heavy atom. The minimum Gasteiger partial charge on any atom is -0.427 e. The third-order valence-corrected chi connectivity index (χ3v) is 7.23. The van der Waals surface area contributed by atoms with Gasteiger partial charge in [-0.1, -0.05) is 0 Å². The number of halogens is 9. The Balaban J connectivity index is 1.83. The topological polar surface area (TPSA) is 59.1 Å². The van der Waals surface area contributed by atoms with Crippen LogP contribution in [-0.2, 0) is 39.4 Å². The van der Waals surface area contributed by atoms with E-state index in [1.165, 1.54) is 0 Å². The summed E-state index contributed by atoms with van der Waals surface area (Å²) in [6.45, 7) is 4.97. The Hall–Kier alpha value is -3.65. The maximum atomic E-state index is 13.8. The van der Waals surface area contributed by atoms with Crippen molar-refractivity contribution >= 4 is 17.7 Å². The zero-order valence-electron chi connectivity index (χ0n) is 24.0. The van der Waals surface area contributed by atoms with Gasteiger partial charge in [-0.25, -0.2) is 4.79 Å². The lowest BCUT2D eigenvalue weighted by Gasteiger charge is -2.44. The summed E-state index contributed by atoms with van der Waals surface area (Å²) < 4.78 is 128. The van der Waals surface area contributed by atoms with Crippen LogP contribution < -0.4 is 5.06 Å². The van der Waals surface area contributed by atoms with Gasteiger partial charge in [0.1, 0.15) is 5.60 Å². The molecule has 1 aliphatic carbocycles. The van der Waals surface area contributed by atoms with Gasteiger partial charge in [-0.05, 0) is 87.9 Å². The number of nitrogens with zero attached hydrogens (tertiary/aromatic N) is 2. The minimum absolute atomic E-state index is 0.0247. The second-order valence-corrected chi connectivity index (χ2v) is 11.9. The van der Waals surface area contributed by atoms with Gasteiger partial charge in [-0.15, -0.1) is 0 Å². The van der Waals surface area contributed by atoms with Crippen LogP contribution in [0.3, 0.4) is 0 Å². The van der Waals surface area contributed by atoms with Gasteiger partial charge in [-0.3, -0.25) is 4.79 Å². The lowest BCUT2D eigenvalue weighted by Crippen LogP contribution is -2.48. The van der Waals surface area contributed by atoms with Crippen LogP contribution in [0.15, 0.2) is 36.4 Å². The van der Waals surface area contributed by atoms with E-state index in [-0.39, 0.29) is 29.7 Å². The molecule has 15 heteroatoms. The van der Waals surface area contributed by atoms with Gasteiger partial charge >= 0.3 is 24.7 Å². The predicted octanol–water partition coefficient (Wildman–Crippen LogP) is 8.69. The largest absolute Gasteiger partial charge is 0.533 e. The number of carbonyl (C=O) groups is 2. The number of alkyl halides is 9. The van der Waals surface area contributed by atoms with Crippen LogP contribution in [0, 0.1) is 5.92 Å². The van der Waals surface area contributed by atoms with E-state index in [1.54, 1.807) is 20.8 Å². The molecule has 0 bridgehead atoms. The Labute approximate surface area is 246 Å². The summed E-state index contributed by atoms with van der Waals surface area (Å²) in [6, 6.07) is 1.50. The highest BCUT2D eigenvalue weighted by Gasteiger charge is 2.47. The molecule has 2 aromatic rings. The summed E-state index contributed by atoms with van der Waals surface area (Å²) in [7, 11) is 0. The summed E-state index contributed by atoms with van der Waals surface area (Å²) in [5, 5.41) is 1.13. The molecule has 2 aliphatic rings. The lowest BCUT2D eigenvalue weighted by atomic mass is 9.87. The third kappa shape index (κ3) is 7.70.